The summed E-state index contributed by atoms with van der Waals surface area (Å²) < 4.78 is 39.3. The van der Waals surface area contributed by atoms with Crippen molar-refractivity contribution in [3.63, 3.8) is 0 Å². The zero-order valence-corrected chi connectivity index (χ0v) is 23.7. The van der Waals surface area contributed by atoms with Crippen molar-refractivity contribution in [2.45, 2.75) is 50.9 Å². The normalized spacial score (nSPS) is 19.2. The van der Waals surface area contributed by atoms with Crippen LogP contribution in [0.1, 0.15) is 53.6 Å². The molecule has 6 rings (SSSR count). The Kier molecular flexibility index (Phi) is 7.83. The van der Waals surface area contributed by atoms with Crippen LogP contribution < -0.4 is 15.5 Å². The van der Waals surface area contributed by atoms with Crippen molar-refractivity contribution in [3.8, 4) is 11.1 Å². The van der Waals surface area contributed by atoms with Crippen LogP contribution >= 0.6 is 0 Å². The number of nitrogens with one attached hydrogen (secondary N) is 2. The number of hydrogen-bond acceptors (Lipinski definition) is 6. The first-order valence-electron chi connectivity index (χ1n) is 14.5. The van der Waals surface area contributed by atoms with Crippen LogP contribution in [0.2, 0.25) is 0 Å². The molecule has 1 aromatic heterocycles. The summed E-state index contributed by atoms with van der Waals surface area (Å²) in [5.41, 5.74) is 2.13. The standard InChI is InChI=1S/C32H30F3N5O4/c33-32(34,35)23-3-1-2-20(15-23)21-4-8-27(36-17-21)39-12-10-19(11-13-39)14-29(42)37-24-5-6-25-22(16-24)18-40(31(25)44)26-7-9-28(41)38-30(26)43/h1-6,8,15-17,19,26H,7,9-14,18H2,(H,37,42)(H,38,41,43). The van der Waals surface area contributed by atoms with Gasteiger partial charge in [-0.25, -0.2) is 4.98 Å². The fourth-order valence-corrected chi connectivity index (χ4v) is 6.11. The molecule has 0 saturated carbocycles. The molecule has 9 nitrogen and oxygen atoms in total. The van der Waals surface area contributed by atoms with E-state index < -0.39 is 23.7 Å². The van der Waals surface area contributed by atoms with Crippen LogP contribution in [0.3, 0.4) is 0 Å². The monoisotopic (exact) mass is 605 g/mol. The van der Waals surface area contributed by atoms with Crippen LogP contribution in [0.4, 0.5) is 24.7 Å². The van der Waals surface area contributed by atoms with Crippen LogP contribution in [0.15, 0.2) is 60.8 Å². The molecule has 228 valence electrons. The fraction of sp³-hybridized carbons (Fsp3) is 0.344. The van der Waals surface area contributed by atoms with Crippen molar-refractivity contribution in [1.82, 2.24) is 15.2 Å². The molecule has 3 aliphatic heterocycles. The number of hydrogen-bond donors (Lipinski definition) is 2. The number of amides is 4. The lowest BCUT2D eigenvalue weighted by Crippen LogP contribution is -2.52. The van der Waals surface area contributed by atoms with Gasteiger partial charge in [-0.15, -0.1) is 0 Å². The quantitative estimate of drug-likeness (QED) is 0.392. The molecule has 12 heteroatoms. The molecule has 2 N–H and O–H groups in total. The molecule has 2 saturated heterocycles. The Morgan fingerprint density at radius 3 is 2.48 bits per heavy atom. The number of nitrogens with zero attached hydrogens (tertiary/aromatic N) is 3. The zero-order valence-electron chi connectivity index (χ0n) is 23.7. The molecular weight excluding hydrogens is 575 g/mol. The Labute approximate surface area is 251 Å². The highest BCUT2D eigenvalue weighted by Crippen LogP contribution is 2.33. The molecule has 0 bridgehead atoms. The van der Waals surface area contributed by atoms with Crippen molar-refractivity contribution in [2.75, 3.05) is 23.3 Å². The molecule has 44 heavy (non-hydrogen) atoms. The number of carbonyl (C=O) groups is 4. The first kappa shape index (κ1) is 29.3. The molecule has 0 aliphatic carbocycles. The van der Waals surface area contributed by atoms with Gasteiger partial charge in [-0.05, 0) is 78.8 Å². The summed E-state index contributed by atoms with van der Waals surface area (Å²) in [6.07, 6.45) is -0.453. The SMILES string of the molecule is O=C1CCC(N2Cc3cc(NC(=O)CC4CCN(c5ccc(-c6cccc(C(F)(F)F)c6)cn5)CC4)ccc3C2=O)C(=O)N1. The van der Waals surface area contributed by atoms with Crippen molar-refractivity contribution in [3.05, 3.63) is 77.5 Å². The third-order valence-electron chi connectivity index (χ3n) is 8.49. The molecule has 0 radical (unpaired) electrons. The number of alkyl halides is 3. The second-order valence-corrected chi connectivity index (χ2v) is 11.4. The van der Waals surface area contributed by atoms with E-state index in [2.05, 4.69) is 20.5 Å². The summed E-state index contributed by atoms with van der Waals surface area (Å²) >= 11 is 0. The minimum atomic E-state index is -4.41. The van der Waals surface area contributed by atoms with Crippen molar-refractivity contribution in [1.29, 1.82) is 0 Å². The van der Waals surface area contributed by atoms with Gasteiger partial charge in [0.25, 0.3) is 5.91 Å². The van der Waals surface area contributed by atoms with Gasteiger partial charge in [0.05, 0.1) is 5.56 Å². The van der Waals surface area contributed by atoms with Gasteiger partial charge in [0.15, 0.2) is 0 Å². The van der Waals surface area contributed by atoms with E-state index in [1.807, 2.05) is 6.07 Å². The van der Waals surface area contributed by atoms with Crippen molar-refractivity contribution < 1.29 is 32.3 Å². The van der Waals surface area contributed by atoms with E-state index in [0.29, 0.717) is 41.9 Å². The minimum Gasteiger partial charge on any atom is -0.357 e. The van der Waals surface area contributed by atoms with E-state index in [9.17, 15) is 32.3 Å². The number of piperidine rings is 2. The summed E-state index contributed by atoms with van der Waals surface area (Å²) in [7, 11) is 0. The van der Waals surface area contributed by atoms with E-state index >= 15 is 0 Å². The maximum absolute atomic E-state index is 13.1. The molecule has 0 spiro atoms. The largest absolute Gasteiger partial charge is 0.416 e. The van der Waals surface area contributed by atoms with Crippen LogP contribution in [0.25, 0.3) is 11.1 Å². The minimum absolute atomic E-state index is 0.127. The number of carbonyl (C=O) groups excluding carboxylic acids is 4. The molecule has 3 aliphatic rings. The molecule has 1 atom stereocenters. The number of aromatic nitrogens is 1. The summed E-state index contributed by atoms with van der Waals surface area (Å²) in [6.45, 7) is 1.63. The van der Waals surface area contributed by atoms with E-state index in [4.69, 9.17) is 0 Å². The Hall–Kier alpha value is -4.74. The van der Waals surface area contributed by atoms with Crippen LogP contribution in [-0.2, 0) is 27.1 Å². The number of halogens is 3. The number of pyridine rings is 1. The predicted molar refractivity (Wildman–Crippen MR) is 155 cm³/mol. The maximum Gasteiger partial charge on any atom is 0.416 e. The second-order valence-electron chi connectivity index (χ2n) is 11.4. The molecule has 2 aromatic carbocycles. The zero-order chi connectivity index (χ0) is 31.0. The van der Waals surface area contributed by atoms with E-state index in [0.717, 1.165) is 36.4 Å². The third-order valence-corrected chi connectivity index (χ3v) is 8.49. The lowest BCUT2D eigenvalue weighted by molar-refractivity contribution is -0.138. The van der Waals surface area contributed by atoms with E-state index in [1.54, 1.807) is 36.5 Å². The average Bonchev–Trinajstić information content (AvgIpc) is 3.32. The van der Waals surface area contributed by atoms with E-state index in [-0.39, 0.29) is 43.0 Å². The van der Waals surface area contributed by atoms with Crippen LogP contribution in [0.5, 0.6) is 0 Å². The lowest BCUT2D eigenvalue weighted by Gasteiger charge is -2.32. The topological polar surface area (TPSA) is 112 Å². The van der Waals surface area contributed by atoms with Gasteiger partial charge >= 0.3 is 6.18 Å². The van der Waals surface area contributed by atoms with Gasteiger partial charge in [0.1, 0.15) is 11.9 Å². The van der Waals surface area contributed by atoms with Crippen LogP contribution in [-0.4, -0.2) is 52.6 Å². The van der Waals surface area contributed by atoms with Crippen molar-refractivity contribution in [2.24, 2.45) is 5.92 Å². The molecule has 2 fully saturated rings. The Bertz CT molecular complexity index is 1620. The van der Waals surface area contributed by atoms with Gasteiger partial charge in [-0.3, -0.25) is 24.5 Å². The number of fused-ring (bicyclic) bond motifs is 1. The third kappa shape index (κ3) is 6.15. The molecule has 3 aromatic rings. The number of rotatable bonds is 6. The molecular formula is C32H30F3N5O4. The number of anilines is 2. The van der Waals surface area contributed by atoms with Crippen LogP contribution in [0, 0.1) is 5.92 Å². The Balaban J connectivity index is 1.00. The summed E-state index contributed by atoms with van der Waals surface area (Å²) in [5.74, 6) is -0.284. The van der Waals surface area contributed by atoms with Gasteiger partial charge < -0.3 is 15.1 Å². The Morgan fingerprint density at radius 1 is 0.977 bits per heavy atom. The Morgan fingerprint density at radius 2 is 1.77 bits per heavy atom. The molecule has 4 heterocycles. The van der Waals surface area contributed by atoms with Gasteiger partial charge in [-0.2, -0.15) is 13.2 Å². The molecule has 1 unspecified atom stereocenters. The van der Waals surface area contributed by atoms with Gasteiger partial charge in [-0.1, -0.05) is 12.1 Å². The predicted octanol–water partition coefficient (Wildman–Crippen LogP) is 4.77. The first-order valence-corrected chi connectivity index (χ1v) is 14.5. The van der Waals surface area contributed by atoms with Gasteiger partial charge in [0.2, 0.25) is 17.7 Å². The highest BCUT2D eigenvalue weighted by atomic mass is 19.4. The number of benzene rings is 2. The number of imide groups is 1. The van der Waals surface area contributed by atoms with Crippen molar-refractivity contribution >= 4 is 35.1 Å². The summed E-state index contributed by atoms with van der Waals surface area (Å²) in [4.78, 5) is 57.6. The molecule has 4 amide bonds. The highest BCUT2D eigenvalue weighted by molar-refractivity contribution is 6.05. The first-order chi connectivity index (χ1) is 21.0. The smallest absolute Gasteiger partial charge is 0.357 e. The van der Waals surface area contributed by atoms with E-state index in [1.165, 1.54) is 11.0 Å². The average molecular weight is 606 g/mol. The second kappa shape index (κ2) is 11.7. The lowest BCUT2D eigenvalue weighted by atomic mass is 9.93. The summed E-state index contributed by atoms with van der Waals surface area (Å²) in [6, 6.07) is 13.1. The summed E-state index contributed by atoms with van der Waals surface area (Å²) in [5, 5.41) is 5.22. The highest BCUT2D eigenvalue weighted by Gasteiger charge is 2.39. The van der Waals surface area contributed by atoms with Gasteiger partial charge in [0, 0.05) is 55.5 Å². The fourth-order valence-electron chi connectivity index (χ4n) is 6.11. The maximum atomic E-state index is 13.1.